The molecule has 0 aliphatic rings. The van der Waals surface area contributed by atoms with Gasteiger partial charge in [0.15, 0.2) is 23.0 Å². The summed E-state index contributed by atoms with van der Waals surface area (Å²) in [6.45, 7) is 1.98. The van der Waals surface area contributed by atoms with Gasteiger partial charge in [0.25, 0.3) is 5.91 Å². The number of hydrazine groups is 1. The van der Waals surface area contributed by atoms with E-state index in [1.54, 1.807) is 6.92 Å². The normalized spacial score (nSPS) is 11.5. The minimum Gasteiger partial charge on any atom is -0.490 e. The van der Waals surface area contributed by atoms with Crippen molar-refractivity contribution < 1.29 is 59.7 Å². The number of amides is 1. The predicted molar refractivity (Wildman–Crippen MR) is 143 cm³/mol. The Morgan fingerprint density at radius 3 is 2.02 bits per heavy atom. The molecule has 19 heteroatoms. The van der Waals surface area contributed by atoms with Crippen LogP contribution in [0.25, 0.3) is 0 Å². The highest BCUT2D eigenvalue weighted by atomic mass is 19.4. The van der Waals surface area contributed by atoms with Gasteiger partial charge in [-0.1, -0.05) is 0 Å². The molecule has 0 fully saturated rings. The van der Waals surface area contributed by atoms with Crippen molar-refractivity contribution in [3.8, 4) is 23.0 Å². The highest BCUT2D eigenvalue weighted by molar-refractivity contribution is 6.02. The lowest BCUT2D eigenvalue weighted by Gasteiger charge is -2.21. The van der Waals surface area contributed by atoms with E-state index in [0.29, 0.717) is 23.9 Å². The van der Waals surface area contributed by atoms with E-state index in [1.807, 2.05) is 19.0 Å². The molecule has 0 heterocycles. The zero-order valence-corrected chi connectivity index (χ0v) is 23.4. The number of carbonyl (C=O) groups excluding carboxylic acids is 3. The summed E-state index contributed by atoms with van der Waals surface area (Å²) in [5.41, 5.74) is 3.80. The number of hydrogen-bond acceptors (Lipinski definition) is 11. The quantitative estimate of drug-likeness (QED) is 0.0370. The van der Waals surface area contributed by atoms with E-state index in [-0.39, 0.29) is 18.0 Å². The number of benzene rings is 2. The maximum atomic E-state index is 13.0. The van der Waals surface area contributed by atoms with Crippen LogP contribution in [0.1, 0.15) is 12.5 Å². The van der Waals surface area contributed by atoms with Crippen LogP contribution in [0.4, 0.5) is 37.7 Å². The van der Waals surface area contributed by atoms with Crippen molar-refractivity contribution in [2.24, 2.45) is 11.6 Å². The number of carbonyl (C=O) groups is 3. The SMILES string of the molecule is CCOc1cc(N(N)C(=O)CNc2ccc(C(=N)N)c(OC(=O)C(F)(F)F)c2OC(=O)C(F)(F)F)ccc1OCCN(C)C. The summed E-state index contributed by atoms with van der Waals surface area (Å²) < 4.78 is 97.3. The number of ether oxygens (including phenoxy) is 4. The van der Waals surface area contributed by atoms with Crippen LogP contribution in [0.3, 0.4) is 0 Å². The maximum absolute atomic E-state index is 13.0. The predicted octanol–water partition coefficient (Wildman–Crippen LogP) is 2.56. The maximum Gasteiger partial charge on any atom is 0.491 e. The molecular weight excluding hydrogens is 610 g/mol. The summed E-state index contributed by atoms with van der Waals surface area (Å²) in [5, 5.41) is 10.4. The molecule has 1 amide bonds. The first-order chi connectivity index (χ1) is 20.4. The number of nitrogens with zero attached hydrogens (tertiary/aromatic N) is 2. The first-order valence-electron chi connectivity index (χ1n) is 12.3. The van der Waals surface area contributed by atoms with Gasteiger partial charge in [-0.15, -0.1) is 0 Å². The summed E-state index contributed by atoms with van der Waals surface area (Å²) in [5.74, 6) is -4.22. The molecule has 0 aliphatic carbocycles. The van der Waals surface area contributed by atoms with E-state index in [9.17, 15) is 40.7 Å². The monoisotopic (exact) mass is 638 g/mol. The van der Waals surface area contributed by atoms with E-state index < -0.39 is 65.3 Å². The number of anilines is 2. The van der Waals surface area contributed by atoms with Crippen LogP contribution in [0.15, 0.2) is 30.3 Å². The highest BCUT2D eigenvalue weighted by Crippen LogP contribution is 2.41. The topological polar surface area (TPSA) is 183 Å². The Morgan fingerprint density at radius 1 is 0.909 bits per heavy atom. The first kappa shape index (κ1) is 35.4. The lowest BCUT2D eigenvalue weighted by Crippen LogP contribution is -2.41. The van der Waals surface area contributed by atoms with Crippen molar-refractivity contribution >= 4 is 35.1 Å². The Kier molecular flexibility index (Phi) is 11.8. The standard InChI is InChI=1S/C25H28F6N6O7/c1-4-41-17-11-13(5-8-16(17)42-10-9-36(2)3)37(34)18(38)12-35-15-7-6-14(21(32)33)19(43-22(39)24(26,27)28)20(15)44-23(40)25(29,30)31/h5-8,11,35H,4,9-10,12,34H2,1-3H3,(H3,32,33). The number of nitrogens with one attached hydrogen (secondary N) is 2. The Bertz CT molecular complexity index is 1380. The van der Waals surface area contributed by atoms with Crippen molar-refractivity contribution in [1.82, 2.24) is 4.90 Å². The fraction of sp³-hybridized carbons (Fsp3) is 0.360. The number of nitrogens with two attached hydrogens (primary N) is 2. The zero-order chi connectivity index (χ0) is 33.4. The van der Waals surface area contributed by atoms with E-state index in [4.69, 9.17) is 26.5 Å². The molecule has 242 valence electrons. The van der Waals surface area contributed by atoms with Crippen LogP contribution < -0.4 is 40.8 Å². The van der Waals surface area contributed by atoms with Gasteiger partial charge < -0.3 is 34.9 Å². The van der Waals surface area contributed by atoms with Gasteiger partial charge >= 0.3 is 24.3 Å². The van der Waals surface area contributed by atoms with Crippen LogP contribution in [0.2, 0.25) is 0 Å². The lowest BCUT2D eigenvalue weighted by atomic mass is 10.1. The zero-order valence-electron chi connectivity index (χ0n) is 23.4. The number of rotatable bonds is 13. The van der Waals surface area contributed by atoms with E-state index in [2.05, 4.69) is 14.8 Å². The van der Waals surface area contributed by atoms with Gasteiger partial charge in [0.2, 0.25) is 0 Å². The molecular formula is C25H28F6N6O7. The minimum atomic E-state index is -5.65. The van der Waals surface area contributed by atoms with Gasteiger partial charge in [-0.2, -0.15) is 26.3 Å². The highest BCUT2D eigenvalue weighted by Gasteiger charge is 2.45. The number of amidine groups is 1. The van der Waals surface area contributed by atoms with Crippen LogP contribution >= 0.6 is 0 Å². The van der Waals surface area contributed by atoms with Gasteiger partial charge in [0, 0.05) is 12.6 Å². The molecule has 0 radical (unpaired) electrons. The average Bonchev–Trinajstić information content (AvgIpc) is 2.91. The molecule has 0 saturated heterocycles. The van der Waals surface area contributed by atoms with Gasteiger partial charge in [0.1, 0.15) is 12.4 Å². The number of likely N-dealkylation sites (N-methyl/N-ethyl adjacent to an activating group) is 1. The third-order valence-corrected chi connectivity index (χ3v) is 5.25. The van der Waals surface area contributed by atoms with Crippen LogP contribution in [0.5, 0.6) is 23.0 Å². The number of hydrogen-bond donors (Lipinski definition) is 4. The first-order valence-corrected chi connectivity index (χ1v) is 12.3. The fourth-order valence-electron chi connectivity index (χ4n) is 3.19. The molecule has 0 saturated carbocycles. The molecule has 0 spiro atoms. The van der Waals surface area contributed by atoms with Gasteiger partial charge in [-0.25, -0.2) is 20.4 Å². The molecule has 6 N–H and O–H groups in total. The molecule has 0 atom stereocenters. The average molecular weight is 639 g/mol. The summed E-state index contributed by atoms with van der Waals surface area (Å²) in [6, 6.07) is 5.86. The fourth-order valence-corrected chi connectivity index (χ4v) is 3.19. The molecule has 44 heavy (non-hydrogen) atoms. The van der Waals surface area contributed by atoms with Crippen molar-refractivity contribution in [3.63, 3.8) is 0 Å². The summed E-state index contributed by atoms with van der Waals surface area (Å²) >= 11 is 0. The second-order valence-electron chi connectivity index (χ2n) is 8.84. The number of halogens is 6. The Balaban J connectivity index is 2.41. The third kappa shape index (κ3) is 9.63. The smallest absolute Gasteiger partial charge is 0.490 e. The molecule has 2 aromatic carbocycles. The number of alkyl halides is 6. The van der Waals surface area contributed by atoms with Gasteiger partial charge in [-0.3, -0.25) is 10.2 Å². The van der Waals surface area contributed by atoms with Crippen molar-refractivity contribution in [2.45, 2.75) is 19.3 Å². The molecule has 0 unspecified atom stereocenters. The summed E-state index contributed by atoms with van der Waals surface area (Å²) in [7, 11) is 3.69. The van der Waals surface area contributed by atoms with Crippen LogP contribution in [-0.2, 0) is 14.4 Å². The van der Waals surface area contributed by atoms with Crippen LogP contribution in [-0.4, -0.2) is 81.3 Å². The van der Waals surface area contributed by atoms with E-state index in [1.165, 1.54) is 18.2 Å². The molecule has 0 aromatic heterocycles. The van der Waals surface area contributed by atoms with E-state index in [0.717, 1.165) is 12.1 Å². The van der Waals surface area contributed by atoms with Gasteiger partial charge in [-0.05, 0) is 45.3 Å². The second-order valence-corrected chi connectivity index (χ2v) is 8.84. The van der Waals surface area contributed by atoms with Crippen molar-refractivity contribution in [1.29, 1.82) is 5.41 Å². The third-order valence-electron chi connectivity index (χ3n) is 5.25. The number of esters is 2. The summed E-state index contributed by atoms with van der Waals surface area (Å²) in [6.07, 6.45) is -11.3. The Hall–Kier alpha value is -4.78. The second kappa shape index (κ2) is 14.6. The molecule has 2 aromatic rings. The number of nitrogen functional groups attached to an aromatic ring is 1. The van der Waals surface area contributed by atoms with Crippen molar-refractivity contribution in [2.75, 3.05) is 50.7 Å². The molecule has 0 aliphatic heterocycles. The van der Waals surface area contributed by atoms with E-state index >= 15 is 0 Å². The lowest BCUT2D eigenvalue weighted by molar-refractivity contribution is -0.191. The Morgan fingerprint density at radius 2 is 1.50 bits per heavy atom. The van der Waals surface area contributed by atoms with Crippen LogP contribution in [0, 0.1) is 5.41 Å². The Labute approximate surface area is 246 Å². The molecule has 2 rings (SSSR count). The minimum absolute atomic E-state index is 0.0793. The van der Waals surface area contributed by atoms with Gasteiger partial charge in [0.05, 0.1) is 30.1 Å². The van der Waals surface area contributed by atoms with Crippen molar-refractivity contribution in [3.05, 3.63) is 35.9 Å². The molecule has 0 bridgehead atoms. The largest absolute Gasteiger partial charge is 0.491 e. The molecule has 13 nitrogen and oxygen atoms in total. The summed E-state index contributed by atoms with van der Waals surface area (Å²) in [4.78, 5) is 37.9.